The van der Waals surface area contributed by atoms with Gasteiger partial charge < -0.3 is 5.32 Å². The fraction of sp³-hybridized carbons (Fsp3) is 0.158. The molecule has 5 aromatic carbocycles. The van der Waals surface area contributed by atoms with Crippen LogP contribution in [0.5, 0.6) is 0 Å². The van der Waals surface area contributed by atoms with Crippen molar-refractivity contribution in [3.8, 4) is 0 Å². The van der Waals surface area contributed by atoms with E-state index in [-0.39, 0.29) is 23.2 Å². The normalized spacial score (nSPS) is 21.5. The van der Waals surface area contributed by atoms with Crippen LogP contribution >= 0.6 is 0 Å². The summed E-state index contributed by atoms with van der Waals surface area (Å²) >= 11 is 0. The van der Waals surface area contributed by atoms with Crippen LogP contribution in [0, 0.1) is 13.8 Å². The monoisotopic (exact) mass is 627 g/mol. The molecule has 0 bridgehead atoms. The Balaban J connectivity index is 1.53. The molecule has 1 fully saturated rings. The number of hydrogen-bond acceptors (Lipinski definition) is 4. The lowest BCUT2D eigenvalue weighted by Gasteiger charge is -2.37. The van der Waals surface area contributed by atoms with Crippen molar-refractivity contribution < 1.29 is 18.0 Å². The molecule has 3 unspecified atom stereocenters. The first-order chi connectivity index (χ1) is 22.3. The fourth-order valence-corrected chi connectivity index (χ4v) is 7.85. The van der Waals surface area contributed by atoms with Crippen molar-refractivity contribution in [3.05, 3.63) is 167 Å². The van der Waals surface area contributed by atoms with Crippen LogP contribution in [0.25, 0.3) is 0 Å². The van der Waals surface area contributed by atoms with Crippen LogP contribution in [0.2, 0.25) is 0 Å². The average Bonchev–Trinajstić information content (AvgIpc) is 3.51. The summed E-state index contributed by atoms with van der Waals surface area (Å²) in [5.41, 5.74) is 4.51. The van der Waals surface area contributed by atoms with E-state index < -0.39 is 27.4 Å². The standard InChI is InChI=1S/C38H33N3O4S/c1-26-21-23-30(24-22-26)46(43,44)40-37-38(32-19-11-12-20-33(32)39-37)34(29-16-7-4-8-17-29)36(42)41(45-25-28-14-5-3-6-15-28)35(38)31-18-10-9-13-27(31)2/h3-24,34-35H,25H2,1-2H3,(H,39,40). The Morgan fingerprint density at radius 1 is 0.783 bits per heavy atom. The lowest BCUT2D eigenvalue weighted by molar-refractivity contribution is -0.198. The van der Waals surface area contributed by atoms with Gasteiger partial charge in [-0.05, 0) is 59.9 Å². The zero-order chi connectivity index (χ0) is 31.9. The van der Waals surface area contributed by atoms with Crippen LogP contribution in [0.3, 0.4) is 0 Å². The van der Waals surface area contributed by atoms with Gasteiger partial charge in [0.2, 0.25) is 0 Å². The second-order valence-electron chi connectivity index (χ2n) is 11.8. The minimum Gasteiger partial charge on any atom is -0.342 e. The largest absolute Gasteiger partial charge is 0.342 e. The number of nitrogens with one attached hydrogen (secondary N) is 1. The molecule has 2 heterocycles. The molecule has 2 aliphatic heterocycles. The minimum absolute atomic E-state index is 0.0729. The zero-order valence-electron chi connectivity index (χ0n) is 25.5. The highest BCUT2D eigenvalue weighted by atomic mass is 32.2. The summed E-state index contributed by atoms with van der Waals surface area (Å²) < 4.78 is 32.7. The summed E-state index contributed by atoms with van der Waals surface area (Å²) in [4.78, 5) is 21.6. The third kappa shape index (κ3) is 4.90. The molecular weight excluding hydrogens is 595 g/mol. The molecule has 3 atom stereocenters. The molecule has 1 spiro atoms. The molecule has 1 N–H and O–H groups in total. The smallest absolute Gasteiger partial charge is 0.283 e. The summed E-state index contributed by atoms with van der Waals surface area (Å²) in [6, 6.07) is 40.5. The molecule has 0 aliphatic carbocycles. The number of aryl methyl sites for hydroxylation is 2. The maximum atomic E-state index is 15.0. The summed E-state index contributed by atoms with van der Waals surface area (Å²) in [5.74, 6) is -0.970. The Morgan fingerprint density at radius 2 is 1.41 bits per heavy atom. The van der Waals surface area contributed by atoms with Crippen LogP contribution in [-0.4, -0.2) is 25.2 Å². The van der Waals surface area contributed by atoms with Crippen molar-refractivity contribution in [2.24, 2.45) is 4.40 Å². The quantitative estimate of drug-likeness (QED) is 0.205. The van der Waals surface area contributed by atoms with Crippen molar-refractivity contribution in [2.45, 2.75) is 42.7 Å². The highest BCUT2D eigenvalue weighted by Gasteiger charge is 2.68. The first-order valence-corrected chi connectivity index (χ1v) is 16.6. The van der Waals surface area contributed by atoms with E-state index in [4.69, 9.17) is 4.84 Å². The van der Waals surface area contributed by atoms with E-state index in [0.717, 1.165) is 33.4 Å². The number of sulfonamides is 1. The number of rotatable bonds is 7. The van der Waals surface area contributed by atoms with Gasteiger partial charge in [0.1, 0.15) is 18.5 Å². The van der Waals surface area contributed by atoms with Gasteiger partial charge in [-0.2, -0.15) is 8.42 Å². The number of hydrogen-bond donors (Lipinski definition) is 1. The predicted octanol–water partition coefficient (Wildman–Crippen LogP) is 7.25. The highest BCUT2D eigenvalue weighted by Crippen LogP contribution is 2.62. The zero-order valence-corrected chi connectivity index (χ0v) is 26.3. The van der Waals surface area contributed by atoms with E-state index in [0.29, 0.717) is 5.69 Å². The van der Waals surface area contributed by atoms with Crippen LogP contribution in [0.1, 0.15) is 45.3 Å². The van der Waals surface area contributed by atoms with E-state index in [2.05, 4.69) is 9.71 Å². The molecule has 0 saturated carbocycles. The maximum Gasteiger partial charge on any atom is 0.283 e. The molecule has 8 heteroatoms. The van der Waals surface area contributed by atoms with Gasteiger partial charge in [0.25, 0.3) is 15.9 Å². The number of anilines is 1. The van der Waals surface area contributed by atoms with Gasteiger partial charge in [0.15, 0.2) is 0 Å². The van der Waals surface area contributed by atoms with Crippen LogP contribution in [0.4, 0.5) is 5.69 Å². The lowest BCUT2D eigenvalue weighted by Crippen LogP contribution is -2.44. The molecule has 0 radical (unpaired) electrons. The average molecular weight is 628 g/mol. The topological polar surface area (TPSA) is 88.1 Å². The summed E-state index contributed by atoms with van der Waals surface area (Å²) in [7, 11) is -4.20. The van der Waals surface area contributed by atoms with Crippen LogP contribution < -0.4 is 5.32 Å². The SMILES string of the molecule is Cc1ccc(S(=O)(=O)/N=C2\Nc3ccccc3C23C(c2ccccc2)C(=O)N(OCc2ccccc2)C3c2ccccc2C)cc1. The minimum atomic E-state index is -4.20. The molecular formula is C38H33N3O4S. The molecule has 2 aliphatic rings. The second-order valence-corrected chi connectivity index (χ2v) is 13.4. The van der Waals surface area contributed by atoms with Crippen molar-refractivity contribution in [3.63, 3.8) is 0 Å². The molecule has 7 rings (SSSR count). The van der Waals surface area contributed by atoms with E-state index >= 15 is 0 Å². The Labute approximate surface area is 269 Å². The third-order valence-corrected chi connectivity index (χ3v) is 10.3. The fourth-order valence-electron chi connectivity index (χ4n) is 6.83. The lowest BCUT2D eigenvalue weighted by atomic mass is 9.64. The van der Waals surface area contributed by atoms with Gasteiger partial charge in [0, 0.05) is 5.69 Å². The van der Waals surface area contributed by atoms with Crippen molar-refractivity contribution in [2.75, 3.05) is 5.32 Å². The molecule has 7 nitrogen and oxygen atoms in total. The summed E-state index contributed by atoms with van der Waals surface area (Å²) in [6.45, 7) is 4.04. The predicted molar refractivity (Wildman–Crippen MR) is 179 cm³/mol. The molecule has 46 heavy (non-hydrogen) atoms. The van der Waals surface area contributed by atoms with E-state index in [1.165, 1.54) is 5.06 Å². The van der Waals surface area contributed by atoms with E-state index in [9.17, 15) is 13.2 Å². The van der Waals surface area contributed by atoms with Crippen molar-refractivity contribution >= 4 is 27.5 Å². The summed E-state index contributed by atoms with van der Waals surface area (Å²) in [6.07, 6.45) is 0. The third-order valence-electron chi connectivity index (χ3n) is 8.96. The van der Waals surface area contributed by atoms with Crippen LogP contribution in [0.15, 0.2) is 143 Å². The number of carbonyl (C=O) groups is 1. The van der Waals surface area contributed by atoms with Gasteiger partial charge in [0.05, 0.1) is 16.2 Å². The van der Waals surface area contributed by atoms with Crippen molar-refractivity contribution in [1.82, 2.24) is 5.06 Å². The molecule has 1 amide bonds. The highest BCUT2D eigenvalue weighted by molar-refractivity contribution is 7.90. The Morgan fingerprint density at radius 3 is 2.13 bits per heavy atom. The number of para-hydroxylation sites is 1. The number of nitrogens with zero attached hydrogens (tertiary/aromatic N) is 2. The Bertz CT molecular complexity index is 2050. The first kappa shape index (κ1) is 29.6. The first-order valence-electron chi connectivity index (χ1n) is 15.2. The molecule has 5 aromatic rings. The number of amidine groups is 1. The van der Waals surface area contributed by atoms with E-state index in [1.807, 2.05) is 123 Å². The summed E-state index contributed by atoms with van der Waals surface area (Å²) in [5, 5.41) is 4.84. The number of carbonyl (C=O) groups excluding carboxylic acids is 1. The number of benzene rings is 5. The number of fused-ring (bicyclic) bond motifs is 2. The molecule has 1 saturated heterocycles. The van der Waals surface area contributed by atoms with Gasteiger partial charge >= 0.3 is 0 Å². The number of amides is 1. The Hall–Kier alpha value is -5.05. The van der Waals surface area contributed by atoms with Gasteiger partial charge in [-0.25, -0.2) is 5.06 Å². The number of hydroxylamine groups is 2. The Kier molecular flexibility index (Phi) is 7.55. The van der Waals surface area contributed by atoms with Gasteiger partial charge in [-0.15, -0.1) is 4.40 Å². The van der Waals surface area contributed by atoms with Gasteiger partial charge in [-0.1, -0.05) is 121 Å². The maximum absolute atomic E-state index is 15.0. The molecule has 230 valence electrons. The van der Waals surface area contributed by atoms with E-state index in [1.54, 1.807) is 24.3 Å². The second kappa shape index (κ2) is 11.7. The molecule has 0 aromatic heterocycles. The van der Waals surface area contributed by atoms with Crippen LogP contribution in [-0.2, 0) is 31.7 Å². The van der Waals surface area contributed by atoms with Crippen molar-refractivity contribution in [1.29, 1.82) is 0 Å². The van der Waals surface area contributed by atoms with Gasteiger partial charge in [-0.3, -0.25) is 9.63 Å².